The van der Waals surface area contributed by atoms with Crippen LogP contribution in [-0.2, 0) is 0 Å². The van der Waals surface area contributed by atoms with Crippen molar-refractivity contribution in [3.8, 4) is 5.69 Å². The van der Waals surface area contributed by atoms with Crippen molar-refractivity contribution in [1.29, 1.82) is 0 Å². The summed E-state index contributed by atoms with van der Waals surface area (Å²) in [6.07, 6.45) is -1.25. The van der Waals surface area contributed by atoms with Crippen molar-refractivity contribution < 1.29 is 23.1 Å². The minimum atomic E-state index is -4.68. The molecule has 0 radical (unpaired) electrons. The second kappa shape index (κ2) is 6.71. The van der Waals surface area contributed by atoms with Crippen molar-refractivity contribution in [3.05, 3.63) is 42.2 Å². The van der Waals surface area contributed by atoms with Crippen molar-refractivity contribution in [3.63, 3.8) is 0 Å². The molecule has 0 unspecified atom stereocenters. The number of hydrogen-bond acceptors (Lipinski definition) is 4. The molecule has 1 fully saturated rings. The molecule has 6 nitrogen and oxygen atoms in total. The van der Waals surface area contributed by atoms with Crippen LogP contribution in [0.5, 0.6) is 0 Å². The summed E-state index contributed by atoms with van der Waals surface area (Å²) < 4.78 is 40.4. The van der Waals surface area contributed by atoms with Gasteiger partial charge in [0.2, 0.25) is 0 Å². The first-order chi connectivity index (χ1) is 12.2. The minimum absolute atomic E-state index is 0.106. The second-order valence-corrected chi connectivity index (χ2v) is 6.61. The van der Waals surface area contributed by atoms with Gasteiger partial charge in [0.05, 0.1) is 18.1 Å². The van der Waals surface area contributed by atoms with E-state index in [2.05, 4.69) is 10.3 Å². The number of halogens is 3. The summed E-state index contributed by atoms with van der Waals surface area (Å²) in [5, 5.41) is 17.4. The fourth-order valence-corrected chi connectivity index (χ4v) is 3.16. The largest absolute Gasteiger partial charge is 0.417 e. The van der Waals surface area contributed by atoms with Crippen molar-refractivity contribution in [2.45, 2.75) is 31.5 Å². The molecule has 2 aromatic rings. The lowest BCUT2D eigenvalue weighted by atomic mass is 9.81. The SMILES string of the molecule is C[C@](O)(C1CCN(C(=O)c2ccc(-n3ccnn3)cc2)CC1)C(F)(F)F. The fourth-order valence-electron chi connectivity index (χ4n) is 3.16. The first-order valence-corrected chi connectivity index (χ1v) is 8.25. The van der Waals surface area contributed by atoms with Crippen LogP contribution in [0, 0.1) is 5.92 Å². The Morgan fingerprint density at radius 2 is 1.81 bits per heavy atom. The predicted octanol–water partition coefficient (Wildman–Crippen LogP) is 2.43. The van der Waals surface area contributed by atoms with Crippen LogP contribution in [0.1, 0.15) is 30.1 Å². The van der Waals surface area contributed by atoms with Gasteiger partial charge >= 0.3 is 6.18 Å². The monoisotopic (exact) mass is 368 g/mol. The third kappa shape index (κ3) is 3.44. The average Bonchev–Trinajstić information content (AvgIpc) is 3.15. The Labute approximate surface area is 148 Å². The van der Waals surface area contributed by atoms with Crippen LogP contribution in [0.15, 0.2) is 36.7 Å². The van der Waals surface area contributed by atoms with Crippen LogP contribution in [0.25, 0.3) is 5.69 Å². The molecule has 1 atom stereocenters. The molecular weight excluding hydrogens is 349 g/mol. The molecule has 0 saturated carbocycles. The van der Waals surface area contributed by atoms with Crippen molar-refractivity contribution in [2.24, 2.45) is 5.92 Å². The molecule has 1 aliphatic heterocycles. The lowest BCUT2D eigenvalue weighted by molar-refractivity contribution is -0.275. The number of piperidine rings is 1. The molecular formula is C17H19F3N4O2. The van der Waals surface area contributed by atoms with E-state index in [1.807, 2.05) is 0 Å². The van der Waals surface area contributed by atoms with Gasteiger partial charge in [-0.2, -0.15) is 13.2 Å². The molecule has 1 N–H and O–H groups in total. The number of alkyl halides is 3. The van der Waals surface area contributed by atoms with Crippen LogP contribution < -0.4 is 0 Å². The molecule has 1 saturated heterocycles. The number of carbonyl (C=O) groups excluding carboxylic acids is 1. The van der Waals surface area contributed by atoms with Gasteiger partial charge in [-0.15, -0.1) is 5.10 Å². The van der Waals surface area contributed by atoms with Gasteiger partial charge in [-0.3, -0.25) is 4.79 Å². The Bertz CT molecular complexity index is 749. The summed E-state index contributed by atoms with van der Waals surface area (Å²) in [5.41, 5.74) is -1.53. The quantitative estimate of drug-likeness (QED) is 0.903. The van der Waals surface area contributed by atoms with E-state index in [9.17, 15) is 23.1 Å². The first-order valence-electron chi connectivity index (χ1n) is 8.25. The van der Waals surface area contributed by atoms with E-state index >= 15 is 0 Å². The summed E-state index contributed by atoms with van der Waals surface area (Å²) in [6, 6.07) is 6.75. The Morgan fingerprint density at radius 1 is 1.19 bits per heavy atom. The maximum absolute atomic E-state index is 13.0. The maximum Gasteiger partial charge on any atom is 0.417 e. The standard InChI is InChI=1S/C17H19F3N4O2/c1-16(26,17(18,19)20)13-6-9-23(10-7-13)15(25)12-2-4-14(5-3-12)24-11-8-21-22-24/h2-5,8,11,13,26H,6-7,9-10H2,1H3/t16-/m0/s1. The Hall–Kier alpha value is -2.42. The lowest BCUT2D eigenvalue weighted by Crippen LogP contribution is -2.53. The van der Waals surface area contributed by atoms with Crippen molar-refractivity contribution in [1.82, 2.24) is 19.9 Å². The summed E-state index contributed by atoms with van der Waals surface area (Å²) in [6.45, 7) is 1.17. The number of amides is 1. The molecule has 1 aliphatic rings. The number of hydrogen-bond donors (Lipinski definition) is 1. The highest BCUT2D eigenvalue weighted by molar-refractivity contribution is 5.94. The minimum Gasteiger partial charge on any atom is -0.380 e. The Kier molecular flexibility index (Phi) is 4.74. The van der Waals surface area contributed by atoms with Gasteiger partial charge in [-0.1, -0.05) is 5.21 Å². The van der Waals surface area contributed by atoms with Gasteiger partial charge in [0.1, 0.15) is 0 Å². The zero-order chi connectivity index (χ0) is 18.9. The molecule has 0 bridgehead atoms. The number of carbonyl (C=O) groups is 1. The maximum atomic E-state index is 13.0. The van der Waals surface area contributed by atoms with Crippen LogP contribution in [0.2, 0.25) is 0 Å². The van der Waals surface area contributed by atoms with E-state index in [1.165, 1.54) is 4.90 Å². The molecule has 0 spiro atoms. The average molecular weight is 368 g/mol. The van der Waals surface area contributed by atoms with Gasteiger partial charge in [0, 0.05) is 18.7 Å². The molecule has 9 heteroatoms. The molecule has 1 aromatic heterocycles. The van der Waals surface area contributed by atoms with E-state index in [-0.39, 0.29) is 31.8 Å². The van der Waals surface area contributed by atoms with E-state index in [0.717, 1.165) is 12.6 Å². The van der Waals surface area contributed by atoms with Gasteiger partial charge in [-0.25, -0.2) is 4.68 Å². The lowest BCUT2D eigenvalue weighted by Gasteiger charge is -2.40. The predicted molar refractivity (Wildman–Crippen MR) is 86.7 cm³/mol. The number of likely N-dealkylation sites (tertiary alicyclic amines) is 1. The van der Waals surface area contributed by atoms with Crippen LogP contribution in [0.3, 0.4) is 0 Å². The molecule has 2 heterocycles. The number of aromatic nitrogens is 3. The number of nitrogens with zero attached hydrogens (tertiary/aromatic N) is 4. The molecule has 140 valence electrons. The normalized spacial score (nSPS) is 18.6. The second-order valence-electron chi connectivity index (χ2n) is 6.61. The molecule has 1 aromatic carbocycles. The van der Waals surface area contributed by atoms with Crippen molar-refractivity contribution >= 4 is 5.91 Å². The summed E-state index contributed by atoms with van der Waals surface area (Å²) >= 11 is 0. The zero-order valence-corrected chi connectivity index (χ0v) is 14.1. The van der Waals surface area contributed by atoms with Gasteiger partial charge in [0.25, 0.3) is 5.91 Å². The van der Waals surface area contributed by atoms with E-state index < -0.39 is 17.7 Å². The third-order valence-electron chi connectivity index (χ3n) is 4.95. The smallest absolute Gasteiger partial charge is 0.380 e. The highest BCUT2D eigenvalue weighted by Gasteiger charge is 2.55. The Morgan fingerprint density at radius 3 is 2.31 bits per heavy atom. The highest BCUT2D eigenvalue weighted by Crippen LogP contribution is 2.40. The highest BCUT2D eigenvalue weighted by atomic mass is 19.4. The third-order valence-corrected chi connectivity index (χ3v) is 4.95. The molecule has 1 amide bonds. The first kappa shape index (κ1) is 18.4. The van der Waals surface area contributed by atoms with Crippen molar-refractivity contribution in [2.75, 3.05) is 13.1 Å². The number of benzene rings is 1. The summed E-state index contributed by atoms with van der Waals surface area (Å²) in [7, 11) is 0. The number of aliphatic hydroxyl groups is 1. The molecule has 26 heavy (non-hydrogen) atoms. The number of rotatable bonds is 3. The van der Waals surface area contributed by atoms with Gasteiger partial charge in [-0.05, 0) is 49.9 Å². The fraction of sp³-hybridized carbons (Fsp3) is 0.471. The van der Waals surface area contributed by atoms with Gasteiger partial charge in [0.15, 0.2) is 5.60 Å². The summed E-state index contributed by atoms with van der Waals surface area (Å²) in [4.78, 5) is 14.1. The van der Waals surface area contributed by atoms with Crippen LogP contribution in [-0.4, -0.2) is 55.8 Å². The van der Waals surface area contributed by atoms with Crippen LogP contribution >= 0.6 is 0 Å². The Balaban J connectivity index is 1.64. The zero-order valence-electron chi connectivity index (χ0n) is 14.1. The van der Waals surface area contributed by atoms with E-state index in [4.69, 9.17) is 0 Å². The topological polar surface area (TPSA) is 71.2 Å². The van der Waals surface area contributed by atoms with Gasteiger partial charge < -0.3 is 10.0 Å². The molecule has 0 aliphatic carbocycles. The molecule has 3 rings (SSSR count). The van der Waals surface area contributed by atoms with E-state index in [0.29, 0.717) is 5.56 Å². The van der Waals surface area contributed by atoms with Crippen LogP contribution in [0.4, 0.5) is 13.2 Å². The van der Waals surface area contributed by atoms with E-state index in [1.54, 1.807) is 41.3 Å². The summed E-state index contributed by atoms with van der Waals surface area (Å²) in [5.74, 6) is -1.15.